The number of halogens is 1. The van der Waals surface area contributed by atoms with E-state index in [2.05, 4.69) is 31.2 Å². The van der Waals surface area contributed by atoms with Crippen LogP contribution in [-0.2, 0) is 6.61 Å². The van der Waals surface area contributed by atoms with Gasteiger partial charge in [-0.3, -0.25) is 0 Å². The molecule has 1 aromatic carbocycles. The van der Waals surface area contributed by atoms with E-state index in [1.807, 2.05) is 18.2 Å². The lowest BCUT2D eigenvalue weighted by atomic mass is 10.2. The maximum atomic E-state index is 9.01. The highest BCUT2D eigenvalue weighted by Crippen LogP contribution is 2.22. The maximum absolute atomic E-state index is 9.01. The van der Waals surface area contributed by atoms with Crippen LogP contribution in [0.5, 0.6) is 0 Å². The first-order chi connectivity index (χ1) is 8.72. The second-order valence-corrected chi connectivity index (χ2v) is 4.45. The van der Waals surface area contributed by atoms with E-state index in [-0.39, 0.29) is 6.61 Å². The molecular formula is C12H11BrN4O. The molecule has 0 atom stereocenters. The topological polar surface area (TPSA) is 81.9 Å². The van der Waals surface area contributed by atoms with E-state index in [0.29, 0.717) is 11.6 Å². The largest absolute Gasteiger partial charge is 0.390 e. The number of benzene rings is 1. The van der Waals surface area contributed by atoms with Gasteiger partial charge in [0.25, 0.3) is 0 Å². The number of aromatic nitrogens is 2. The van der Waals surface area contributed by atoms with E-state index in [1.54, 1.807) is 12.3 Å². The molecule has 6 heteroatoms. The van der Waals surface area contributed by atoms with E-state index in [0.717, 1.165) is 15.7 Å². The summed E-state index contributed by atoms with van der Waals surface area (Å²) in [6, 6.07) is 7.16. The van der Waals surface area contributed by atoms with Crippen LogP contribution >= 0.6 is 15.9 Å². The zero-order valence-corrected chi connectivity index (χ0v) is 11.0. The Balaban J connectivity index is 2.32. The van der Waals surface area contributed by atoms with Gasteiger partial charge in [-0.25, -0.2) is 9.97 Å². The molecule has 0 saturated heterocycles. The number of hydrogen-bond donors (Lipinski definition) is 3. The highest BCUT2D eigenvalue weighted by Gasteiger charge is 2.04. The lowest BCUT2D eigenvalue weighted by Gasteiger charge is -2.08. The molecule has 3 N–H and O–H groups in total. The Bertz CT molecular complexity index is 574. The Morgan fingerprint density at radius 3 is 2.94 bits per heavy atom. The fourth-order valence-electron chi connectivity index (χ4n) is 1.43. The highest BCUT2D eigenvalue weighted by molar-refractivity contribution is 9.10. The number of anilines is 2. The molecule has 0 saturated carbocycles. The van der Waals surface area contributed by atoms with Gasteiger partial charge in [0.1, 0.15) is 0 Å². The first-order valence-corrected chi connectivity index (χ1v) is 6.02. The van der Waals surface area contributed by atoms with Crippen LogP contribution in [0.1, 0.15) is 11.3 Å². The Labute approximate surface area is 113 Å². The summed E-state index contributed by atoms with van der Waals surface area (Å²) in [5.41, 5.74) is 2.00. The van der Waals surface area contributed by atoms with Crippen molar-refractivity contribution in [3.05, 3.63) is 46.2 Å². The molecule has 2 aromatic rings. The third kappa shape index (κ3) is 2.91. The summed E-state index contributed by atoms with van der Waals surface area (Å²) in [7, 11) is 0. The number of aliphatic hydroxyl groups excluding tert-OH is 1. The molecule has 0 aliphatic heterocycles. The van der Waals surface area contributed by atoms with Gasteiger partial charge in [0, 0.05) is 22.4 Å². The quantitative estimate of drug-likeness (QED) is 0.758. The van der Waals surface area contributed by atoms with Crippen molar-refractivity contribution in [3.63, 3.8) is 0 Å². The van der Waals surface area contributed by atoms with Crippen molar-refractivity contribution in [2.45, 2.75) is 6.61 Å². The Morgan fingerprint density at radius 1 is 1.39 bits per heavy atom. The van der Waals surface area contributed by atoms with Gasteiger partial charge in [-0.05, 0) is 18.2 Å². The summed E-state index contributed by atoms with van der Waals surface area (Å²) >= 11 is 3.37. The van der Waals surface area contributed by atoms with Gasteiger partial charge >= 0.3 is 0 Å². The molecule has 5 nitrogen and oxygen atoms in total. The van der Waals surface area contributed by atoms with Crippen LogP contribution in [0.4, 0.5) is 11.6 Å². The van der Waals surface area contributed by atoms with Gasteiger partial charge in [-0.2, -0.15) is 0 Å². The molecule has 1 aromatic heterocycles. The summed E-state index contributed by atoms with van der Waals surface area (Å²) in [5.74, 6) is 0.391. The fourth-order valence-corrected chi connectivity index (χ4v) is 1.79. The smallest absolute Gasteiger partial charge is 0.227 e. The molecular weight excluding hydrogens is 296 g/mol. The molecule has 0 aliphatic rings. The average Bonchev–Trinajstić information content (AvgIpc) is 2.39. The summed E-state index contributed by atoms with van der Waals surface area (Å²) in [6.45, 7) is -0.132. The molecule has 0 amide bonds. The SMILES string of the molecule is N=Cc1ccc(Br)cc1Nc1nccc(CO)n1. The average molecular weight is 307 g/mol. The number of aliphatic hydroxyl groups is 1. The second-order valence-electron chi connectivity index (χ2n) is 3.53. The molecule has 0 radical (unpaired) electrons. The van der Waals surface area contributed by atoms with Crippen LogP contribution in [-0.4, -0.2) is 21.3 Å². The predicted octanol–water partition coefficient (Wildman–Crippen LogP) is 2.47. The lowest BCUT2D eigenvalue weighted by Crippen LogP contribution is -2.01. The Kier molecular flexibility index (Phi) is 4.01. The third-order valence-corrected chi connectivity index (χ3v) is 2.79. The minimum absolute atomic E-state index is 0.132. The van der Waals surface area contributed by atoms with Crippen LogP contribution < -0.4 is 5.32 Å². The first kappa shape index (κ1) is 12.7. The van der Waals surface area contributed by atoms with E-state index >= 15 is 0 Å². The highest BCUT2D eigenvalue weighted by atomic mass is 79.9. The standard InChI is InChI=1S/C12H11BrN4O/c13-9-2-1-8(6-14)11(5-9)17-12-15-4-3-10(7-18)16-12/h1-6,14,18H,7H2,(H,15,16,17). The van der Waals surface area contributed by atoms with E-state index in [1.165, 1.54) is 6.21 Å². The molecule has 1 heterocycles. The number of nitrogens with one attached hydrogen (secondary N) is 2. The monoisotopic (exact) mass is 306 g/mol. The van der Waals surface area contributed by atoms with Crippen LogP contribution in [0.3, 0.4) is 0 Å². The Hall–Kier alpha value is -1.79. The van der Waals surface area contributed by atoms with Gasteiger partial charge in [0.15, 0.2) is 0 Å². The van der Waals surface area contributed by atoms with Gasteiger partial charge in [-0.1, -0.05) is 22.0 Å². The van der Waals surface area contributed by atoms with E-state index in [9.17, 15) is 0 Å². The zero-order chi connectivity index (χ0) is 13.0. The summed E-state index contributed by atoms with van der Waals surface area (Å²) < 4.78 is 0.897. The van der Waals surface area contributed by atoms with Gasteiger partial charge < -0.3 is 15.8 Å². The number of nitrogens with zero attached hydrogens (tertiary/aromatic N) is 2. The van der Waals surface area contributed by atoms with Crippen LogP contribution in [0.15, 0.2) is 34.9 Å². The van der Waals surface area contributed by atoms with E-state index in [4.69, 9.17) is 10.5 Å². The van der Waals surface area contributed by atoms with Crippen LogP contribution in [0.25, 0.3) is 0 Å². The van der Waals surface area contributed by atoms with Crippen molar-refractivity contribution in [3.8, 4) is 0 Å². The predicted molar refractivity (Wildman–Crippen MR) is 73.3 cm³/mol. The van der Waals surface area contributed by atoms with E-state index < -0.39 is 0 Å². The summed E-state index contributed by atoms with van der Waals surface area (Å²) in [5, 5.41) is 19.4. The molecule has 0 bridgehead atoms. The molecule has 0 unspecified atom stereocenters. The fraction of sp³-hybridized carbons (Fsp3) is 0.0833. The lowest BCUT2D eigenvalue weighted by molar-refractivity contribution is 0.277. The van der Waals surface area contributed by atoms with Crippen molar-refractivity contribution < 1.29 is 5.11 Å². The molecule has 0 fully saturated rings. The van der Waals surface area contributed by atoms with Crippen LogP contribution in [0, 0.1) is 5.41 Å². The second kappa shape index (κ2) is 5.70. The van der Waals surface area contributed by atoms with Crippen molar-refractivity contribution >= 4 is 33.8 Å². The molecule has 18 heavy (non-hydrogen) atoms. The van der Waals surface area contributed by atoms with Crippen molar-refractivity contribution in [2.24, 2.45) is 0 Å². The van der Waals surface area contributed by atoms with Crippen molar-refractivity contribution in [1.82, 2.24) is 9.97 Å². The normalized spacial score (nSPS) is 10.1. The van der Waals surface area contributed by atoms with Gasteiger partial charge in [0.2, 0.25) is 5.95 Å². The van der Waals surface area contributed by atoms with Gasteiger partial charge in [-0.15, -0.1) is 0 Å². The third-order valence-electron chi connectivity index (χ3n) is 2.29. The number of hydrogen-bond acceptors (Lipinski definition) is 5. The molecule has 2 rings (SSSR count). The minimum Gasteiger partial charge on any atom is -0.390 e. The summed E-state index contributed by atoms with van der Waals surface area (Å²) in [6.07, 6.45) is 2.83. The zero-order valence-electron chi connectivity index (χ0n) is 9.39. The summed E-state index contributed by atoms with van der Waals surface area (Å²) in [4.78, 5) is 8.19. The van der Waals surface area contributed by atoms with Crippen LogP contribution in [0.2, 0.25) is 0 Å². The van der Waals surface area contributed by atoms with Crippen molar-refractivity contribution in [1.29, 1.82) is 5.41 Å². The molecule has 0 spiro atoms. The molecule has 92 valence electrons. The van der Waals surface area contributed by atoms with Gasteiger partial charge in [0.05, 0.1) is 18.0 Å². The maximum Gasteiger partial charge on any atom is 0.227 e. The number of rotatable bonds is 4. The van der Waals surface area contributed by atoms with Crippen molar-refractivity contribution in [2.75, 3.05) is 5.32 Å². The Morgan fingerprint density at radius 2 is 2.22 bits per heavy atom. The molecule has 0 aliphatic carbocycles. The minimum atomic E-state index is -0.132. The first-order valence-electron chi connectivity index (χ1n) is 5.23.